The summed E-state index contributed by atoms with van der Waals surface area (Å²) in [6, 6.07) is 19.1. The van der Waals surface area contributed by atoms with Crippen molar-refractivity contribution in [3.05, 3.63) is 84.3 Å². The number of nitrogens with one attached hydrogen (secondary N) is 2. The average molecular weight is 397 g/mol. The molecule has 0 aliphatic carbocycles. The van der Waals surface area contributed by atoms with Gasteiger partial charge in [0.15, 0.2) is 0 Å². The molecule has 30 heavy (non-hydrogen) atoms. The third-order valence-corrected chi connectivity index (χ3v) is 4.75. The molecule has 0 atom stereocenters. The lowest BCUT2D eigenvalue weighted by Crippen LogP contribution is -2.19. The van der Waals surface area contributed by atoms with Crippen LogP contribution in [0.15, 0.2) is 73.1 Å². The molecule has 0 saturated carbocycles. The van der Waals surface area contributed by atoms with Crippen LogP contribution in [0.5, 0.6) is 0 Å². The lowest BCUT2D eigenvalue weighted by atomic mass is 9.86. The summed E-state index contributed by atoms with van der Waals surface area (Å²) in [6.07, 6.45) is 3.31. The molecular formula is C24H23N5O. The zero-order valence-electron chi connectivity index (χ0n) is 17.2. The lowest BCUT2D eigenvalue weighted by Gasteiger charge is -2.22. The Kier molecular flexibility index (Phi) is 5.14. The SMILES string of the molecule is CC(C)(C)c1ccccc1NC(=O)c1ccnc(Nc2cccc3cccnc23)n1. The molecule has 4 aromatic rings. The van der Waals surface area contributed by atoms with Crippen LogP contribution in [0.3, 0.4) is 0 Å². The maximum Gasteiger partial charge on any atom is 0.274 e. The fourth-order valence-corrected chi connectivity index (χ4v) is 3.30. The molecule has 1 amide bonds. The molecule has 0 aliphatic heterocycles. The molecule has 0 aliphatic rings. The number of nitrogens with zero attached hydrogens (tertiary/aromatic N) is 3. The first-order valence-corrected chi connectivity index (χ1v) is 9.76. The van der Waals surface area contributed by atoms with E-state index < -0.39 is 0 Å². The van der Waals surface area contributed by atoms with Gasteiger partial charge in [0.25, 0.3) is 5.91 Å². The summed E-state index contributed by atoms with van der Waals surface area (Å²) in [5.74, 6) is 0.0538. The number of hydrogen-bond acceptors (Lipinski definition) is 5. The molecule has 2 aromatic carbocycles. The van der Waals surface area contributed by atoms with E-state index in [0.29, 0.717) is 5.95 Å². The highest BCUT2D eigenvalue weighted by molar-refractivity contribution is 6.03. The molecule has 6 nitrogen and oxygen atoms in total. The second kappa shape index (κ2) is 7.91. The quantitative estimate of drug-likeness (QED) is 0.487. The van der Waals surface area contributed by atoms with E-state index in [-0.39, 0.29) is 17.0 Å². The van der Waals surface area contributed by atoms with Gasteiger partial charge in [-0.2, -0.15) is 0 Å². The number of carbonyl (C=O) groups excluding carboxylic acids is 1. The van der Waals surface area contributed by atoms with Gasteiger partial charge in [0.2, 0.25) is 5.95 Å². The predicted molar refractivity (Wildman–Crippen MR) is 120 cm³/mol. The third-order valence-electron chi connectivity index (χ3n) is 4.75. The van der Waals surface area contributed by atoms with Crippen LogP contribution in [0.25, 0.3) is 10.9 Å². The van der Waals surface area contributed by atoms with Crippen LogP contribution in [-0.4, -0.2) is 20.9 Å². The topological polar surface area (TPSA) is 79.8 Å². The van der Waals surface area contributed by atoms with Crippen LogP contribution < -0.4 is 10.6 Å². The zero-order chi connectivity index (χ0) is 21.1. The second-order valence-corrected chi connectivity index (χ2v) is 8.02. The number of fused-ring (bicyclic) bond motifs is 1. The minimum Gasteiger partial charge on any atom is -0.322 e. The normalized spacial score (nSPS) is 11.3. The summed E-state index contributed by atoms with van der Waals surface area (Å²) in [4.78, 5) is 26.0. The van der Waals surface area contributed by atoms with E-state index in [0.717, 1.165) is 27.8 Å². The van der Waals surface area contributed by atoms with E-state index in [1.54, 1.807) is 18.5 Å². The number of aromatic nitrogens is 3. The monoisotopic (exact) mass is 397 g/mol. The first-order chi connectivity index (χ1) is 14.4. The molecule has 2 N–H and O–H groups in total. The van der Waals surface area contributed by atoms with Crippen LogP contribution in [0.2, 0.25) is 0 Å². The van der Waals surface area contributed by atoms with Crippen molar-refractivity contribution in [1.82, 2.24) is 15.0 Å². The van der Waals surface area contributed by atoms with Crippen molar-refractivity contribution in [2.45, 2.75) is 26.2 Å². The van der Waals surface area contributed by atoms with Gasteiger partial charge in [-0.05, 0) is 35.2 Å². The fourth-order valence-electron chi connectivity index (χ4n) is 3.30. The molecule has 0 spiro atoms. The fraction of sp³-hybridized carbons (Fsp3) is 0.167. The number of para-hydroxylation sites is 2. The van der Waals surface area contributed by atoms with Crippen molar-refractivity contribution in [1.29, 1.82) is 0 Å². The Hall–Kier alpha value is -3.80. The van der Waals surface area contributed by atoms with Crippen LogP contribution in [0.4, 0.5) is 17.3 Å². The maximum absolute atomic E-state index is 12.9. The number of carbonyl (C=O) groups is 1. The van der Waals surface area contributed by atoms with Gasteiger partial charge in [-0.15, -0.1) is 0 Å². The van der Waals surface area contributed by atoms with Crippen molar-refractivity contribution >= 4 is 34.1 Å². The summed E-state index contributed by atoms with van der Waals surface area (Å²) in [7, 11) is 0. The highest BCUT2D eigenvalue weighted by atomic mass is 16.1. The predicted octanol–water partition coefficient (Wildman–Crippen LogP) is 5.32. The van der Waals surface area contributed by atoms with Crippen LogP contribution in [0.1, 0.15) is 36.8 Å². The number of anilines is 3. The van der Waals surface area contributed by atoms with Gasteiger partial charge in [0.05, 0.1) is 11.2 Å². The number of rotatable bonds is 4. The van der Waals surface area contributed by atoms with E-state index >= 15 is 0 Å². The minimum absolute atomic E-state index is 0.0936. The van der Waals surface area contributed by atoms with Gasteiger partial charge < -0.3 is 10.6 Å². The third kappa shape index (κ3) is 4.12. The van der Waals surface area contributed by atoms with Crippen LogP contribution in [-0.2, 0) is 5.41 Å². The first-order valence-electron chi connectivity index (χ1n) is 9.76. The molecule has 0 unspecified atom stereocenters. The standard InChI is InChI=1S/C24H23N5O/c1-24(2,3)17-10-4-5-11-18(17)27-22(30)20-13-15-26-23(29-20)28-19-12-6-8-16-9-7-14-25-21(16)19/h4-15H,1-3H3,(H,27,30)(H,26,28,29). The van der Waals surface area contributed by atoms with Gasteiger partial charge in [0.1, 0.15) is 5.69 Å². The van der Waals surface area contributed by atoms with Crippen molar-refractivity contribution in [3.63, 3.8) is 0 Å². The number of pyridine rings is 1. The smallest absolute Gasteiger partial charge is 0.274 e. The largest absolute Gasteiger partial charge is 0.322 e. The molecule has 0 saturated heterocycles. The second-order valence-electron chi connectivity index (χ2n) is 8.02. The van der Waals surface area contributed by atoms with Gasteiger partial charge in [0, 0.05) is 23.5 Å². The van der Waals surface area contributed by atoms with E-state index in [9.17, 15) is 4.79 Å². The summed E-state index contributed by atoms with van der Waals surface area (Å²) >= 11 is 0. The zero-order valence-corrected chi connectivity index (χ0v) is 17.2. The summed E-state index contributed by atoms with van der Waals surface area (Å²) in [6.45, 7) is 6.34. The van der Waals surface area contributed by atoms with Crippen molar-refractivity contribution in [2.24, 2.45) is 0 Å². The minimum atomic E-state index is -0.284. The van der Waals surface area contributed by atoms with E-state index in [1.165, 1.54) is 0 Å². The Morgan fingerprint density at radius 2 is 1.60 bits per heavy atom. The summed E-state index contributed by atoms with van der Waals surface area (Å²) in [5.41, 5.74) is 3.63. The van der Waals surface area contributed by atoms with Crippen LogP contribution in [0, 0.1) is 0 Å². The summed E-state index contributed by atoms with van der Waals surface area (Å²) in [5, 5.41) is 7.17. The lowest BCUT2D eigenvalue weighted by molar-refractivity contribution is 0.102. The Morgan fingerprint density at radius 1 is 0.833 bits per heavy atom. The Balaban J connectivity index is 1.59. The molecule has 6 heteroatoms. The highest BCUT2D eigenvalue weighted by Crippen LogP contribution is 2.29. The van der Waals surface area contributed by atoms with Crippen molar-refractivity contribution in [3.8, 4) is 0 Å². The number of hydrogen-bond donors (Lipinski definition) is 2. The molecule has 0 bridgehead atoms. The van der Waals surface area contributed by atoms with Gasteiger partial charge in [-0.3, -0.25) is 9.78 Å². The first kappa shape index (κ1) is 19.5. The molecule has 2 aromatic heterocycles. The average Bonchev–Trinajstić information content (AvgIpc) is 2.74. The van der Waals surface area contributed by atoms with E-state index in [1.807, 2.05) is 54.6 Å². The molecule has 150 valence electrons. The number of benzene rings is 2. The molecular weight excluding hydrogens is 374 g/mol. The molecule has 0 fully saturated rings. The van der Waals surface area contributed by atoms with Crippen molar-refractivity contribution in [2.75, 3.05) is 10.6 Å². The van der Waals surface area contributed by atoms with Gasteiger partial charge in [-0.1, -0.05) is 57.2 Å². The Morgan fingerprint density at radius 3 is 2.43 bits per heavy atom. The Bertz CT molecular complexity index is 1210. The number of amides is 1. The molecule has 2 heterocycles. The molecule has 0 radical (unpaired) electrons. The van der Waals surface area contributed by atoms with E-state index in [4.69, 9.17) is 0 Å². The van der Waals surface area contributed by atoms with Crippen molar-refractivity contribution < 1.29 is 4.79 Å². The highest BCUT2D eigenvalue weighted by Gasteiger charge is 2.19. The van der Waals surface area contributed by atoms with Gasteiger partial charge in [-0.25, -0.2) is 9.97 Å². The van der Waals surface area contributed by atoms with E-state index in [2.05, 4.69) is 46.4 Å². The Labute approximate surface area is 175 Å². The maximum atomic E-state index is 12.9. The van der Waals surface area contributed by atoms with Gasteiger partial charge >= 0.3 is 0 Å². The summed E-state index contributed by atoms with van der Waals surface area (Å²) < 4.78 is 0. The molecule has 4 rings (SSSR count). The van der Waals surface area contributed by atoms with Crippen LogP contribution >= 0.6 is 0 Å².